The average Bonchev–Trinajstić information content (AvgIpc) is 2.87. The van der Waals surface area contributed by atoms with E-state index in [4.69, 9.17) is 0 Å². The van der Waals surface area contributed by atoms with Gasteiger partial charge in [-0.1, -0.05) is 18.2 Å². The number of rotatable bonds is 7. The molecule has 13 nitrogen and oxygen atoms in total. The highest BCUT2D eigenvalue weighted by Gasteiger charge is 2.20. The summed E-state index contributed by atoms with van der Waals surface area (Å²) in [6.07, 6.45) is 0. The molecule has 41 heavy (non-hydrogen) atoms. The molecule has 16 heteroatoms. The maximum Gasteiger partial charge on any atom is 0.296 e. The van der Waals surface area contributed by atoms with E-state index in [1.165, 1.54) is 12.1 Å². The minimum Gasteiger partial charge on any atom is -0.282 e. The Morgan fingerprint density at radius 2 is 1.05 bits per heavy atom. The number of benzene rings is 4. The molecular weight excluding hydrogens is 596 g/mol. The Morgan fingerprint density at radius 3 is 1.59 bits per heavy atom. The smallest absolute Gasteiger partial charge is 0.282 e. The first-order chi connectivity index (χ1) is 19.0. The van der Waals surface area contributed by atoms with Gasteiger partial charge in [-0.2, -0.15) is 35.5 Å². The van der Waals surface area contributed by atoms with Crippen molar-refractivity contribution in [2.24, 2.45) is 20.5 Å². The van der Waals surface area contributed by atoms with E-state index in [1.807, 2.05) is 0 Å². The monoisotopic (exact) mass is 618 g/mol. The van der Waals surface area contributed by atoms with Gasteiger partial charge in [0.15, 0.2) is 0 Å². The standard InChI is InChI=1S/C25H22N4O9S3/c1-14-7-9-19(18-5-4-6-24(25(14)18)41(36,37)38)26-27-20-11-16(3)21(12-15(20)2)28-29-22-13-17(39(30,31)32)8-10-23(22)40(33,34)35/h4-13H,1-3H3,(H,30,31,32)(H,33,34,35)(H,36,37,38). The van der Waals surface area contributed by atoms with Crippen molar-refractivity contribution in [3.8, 4) is 0 Å². The molecule has 0 aliphatic rings. The lowest BCUT2D eigenvalue weighted by molar-refractivity contribution is 0.478. The van der Waals surface area contributed by atoms with E-state index in [0.717, 1.165) is 18.2 Å². The van der Waals surface area contributed by atoms with Crippen LogP contribution >= 0.6 is 0 Å². The minimum atomic E-state index is -4.79. The van der Waals surface area contributed by atoms with E-state index in [2.05, 4.69) is 20.5 Å². The molecule has 0 atom stereocenters. The molecule has 0 radical (unpaired) electrons. The number of nitrogens with zero attached hydrogens (tertiary/aromatic N) is 4. The maximum atomic E-state index is 11.9. The van der Waals surface area contributed by atoms with Crippen LogP contribution in [0.5, 0.6) is 0 Å². The van der Waals surface area contributed by atoms with Crippen molar-refractivity contribution in [3.63, 3.8) is 0 Å². The Bertz CT molecular complexity index is 2110. The number of hydrogen-bond donors (Lipinski definition) is 3. The predicted octanol–water partition coefficient (Wildman–Crippen LogP) is 6.34. The molecule has 0 heterocycles. The van der Waals surface area contributed by atoms with Crippen LogP contribution in [0.25, 0.3) is 10.8 Å². The summed E-state index contributed by atoms with van der Waals surface area (Å²) in [6.45, 7) is 5.06. The second kappa shape index (κ2) is 10.8. The molecule has 0 saturated heterocycles. The van der Waals surface area contributed by atoms with Crippen LogP contribution in [-0.4, -0.2) is 38.9 Å². The van der Waals surface area contributed by atoms with Gasteiger partial charge in [0.1, 0.15) is 15.5 Å². The van der Waals surface area contributed by atoms with Gasteiger partial charge in [-0.25, -0.2) is 0 Å². The SMILES string of the molecule is Cc1cc(N=Nc2ccc(C)c3c(S(=O)(=O)O)cccc23)c(C)cc1N=Nc1cc(S(=O)(=O)O)ccc1S(=O)(=O)O. The van der Waals surface area contributed by atoms with E-state index in [0.29, 0.717) is 38.8 Å². The molecular formula is C25H22N4O9S3. The van der Waals surface area contributed by atoms with Gasteiger partial charge in [0.25, 0.3) is 30.4 Å². The second-order valence-corrected chi connectivity index (χ2v) is 13.2. The van der Waals surface area contributed by atoms with Crippen molar-refractivity contribution >= 4 is 63.9 Å². The summed E-state index contributed by atoms with van der Waals surface area (Å²) < 4.78 is 98.6. The van der Waals surface area contributed by atoms with Crippen molar-refractivity contribution in [2.45, 2.75) is 35.5 Å². The highest BCUT2D eigenvalue weighted by molar-refractivity contribution is 7.86. The Labute approximate surface area is 235 Å². The van der Waals surface area contributed by atoms with E-state index in [9.17, 15) is 38.9 Å². The van der Waals surface area contributed by atoms with Gasteiger partial charge in [-0.05, 0) is 79.9 Å². The highest BCUT2D eigenvalue weighted by Crippen LogP contribution is 2.36. The first-order valence-corrected chi connectivity index (χ1v) is 15.8. The van der Waals surface area contributed by atoms with Crippen LogP contribution < -0.4 is 0 Å². The Morgan fingerprint density at radius 1 is 0.512 bits per heavy atom. The summed E-state index contributed by atoms with van der Waals surface area (Å²) in [5.74, 6) is 0. The molecule has 0 aliphatic heterocycles. The van der Waals surface area contributed by atoms with Crippen molar-refractivity contribution in [1.82, 2.24) is 0 Å². The lowest BCUT2D eigenvalue weighted by Crippen LogP contribution is -2.02. The molecule has 4 aromatic rings. The third kappa shape index (κ3) is 6.53. The quantitative estimate of drug-likeness (QED) is 0.155. The molecule has 0 aliphatic carbocycles. The van der Waals surface area contributed by atoms with Gasteiger partial charge < -0.3 is 0 Å². The average molecular weight is 619 g/mol. The molecule has 0 amide bonds. The fourth-order valence-electron chi connectivity index (χ4n) is 4.00. The van der Waals surface area contributed by atoms with Crippen molar-refractivity contribution < 1.29 is 38.9 Å². The Hall–Kier alpha value is -3.93. The molecule has 214 valence electrons. The predicted molar refractivity (Wildman–Crippen MR) is 149 cm³/mol. The first kappa shape index (κ1) is 30.0. The zero-order chi connectivity index (χ0) is 30.3. The zero-order valence-corrected chi connectivity index (χ0v) is 24.0. The number of fused-ring (bicyclic) bond motifs is 1. The largest absolute Gasteiger partial charge is 0.296 e. The maximum absolute atomic E-state index is 11.9. The molecule has 0 saturated carbocycles. The fourth-order valence-corrected chi connectivity index (χ4v) is 5.89. The van der Waals surface area contributed by atoms with Gasteiger partial charge in [0, 0.05) is 10.8 Å². The van der Waals surface area contributed by atoms with Gasteiger partial charge in [-0.3, -0.25) is 13.7 Å². The van der Waals surface area contributed by atoms with E-state index < -0.39 is 45.8 Å². The van der Waals surface area contributed by atoms with Gasteiger partial charge in [0.2, 0.25) is 0 Å². The first-order valence-electron chi connectivity index (χ1n) is 11.5. The van der Waals surface area contributed by atoms with E-state index in [-0.39, 0.29) is 10.6 Å². The van der Waals surface area contributed by atoms with E-state index in [1.54, 1.807) is 51.1 Å². The van der Waals surface area contributed by atoms with Crippen LogP contribution in [-0.2, 0) is 30.4 Å². The zero-order valence-electron chi connectivity index (χ0n) is 21.6. The molecule has 3 N–H and O–H groups in total. The molecule has 0 unspecified atom stereocenters. The summed E-state index contributed by atoms with van der Waals surface area (Å²) in [7, 11) is -14.0. The topological polar surface area (TPSA) is 213 Å². The van der Waals surface area contributed by atoms with Crippen molar-refractivity contribution in [2.75, 3.05) is 0 Å². The molecule has 4 aromatic carbocycles. The summed E-state index contributed by atoms with van der Waals surface area (Å²) >= 11 is 0. The Kier molecular flexibility index (Phi) is 7.92. The van der Waals surface area contributed by atoms with Crippen LogP contribution in [0.4, 0.5) is 22.7 Å². The molecule has 0 spiro atoms. The number of aryl methyl sites for hydroxylation is 3. The summed E-state index contributed by atoms with van der Waals surface area (Å²) in [5, 5.41) is 17.1. The van der Waals surface area contributed by atoms with Crippen LogP contribution in [0, 0.1) is 20.8 Å². The lowest BCUT2D eigenvalue weighted by atomic mass is 10.0. The second-order valence-electron chi connectivity index (χ2n) is 8.96. The molecule has 4 rings (SSSR count). The third-order valence-electron chi connectivity index (χ3n) is 6.02. The highest BCUT2D eigenvalue weighted by atomic mass is 32.2. The summed E-state index contributed by atoms with van der Waals surface area (Å²) in [4.78, 5) is -1.60. The van der Waals surface area contributed by atoms with Crippen LogP contribution in [0.1, 0.15) is 16.7 Å². The van der Waals surface area contributed by atoms with Gasteiger partial charge in [0.05, 0.1) is 22.0 Å². The van der Waals surface area contributed by atoms with E-state index >= 15 is 0 Å². The Balaban J connectivity index is 1.74. The van der Waals surface area contributed by atoms with Gasteiger partial charge in [-0.15, -0.1) is 10.2 Å². The molecule has 0 aromatic heterocycles. The normalized spacial score (nSPS) is 13.0. The van der Waals surface area contributed by atoms with Crippen LogP contribution in [0.15, 0.2) is 95.8 Å². The van der Waals surface area contributed by atoms with Crippen molar-refractivity contribution in [3.05, 3.63) is 77.4 Å². The molecule has 0 fully saturated rings. The lowest BCUT2D eigenvalue weighted by Gasteiger charge is -2.09. The van der Waals surface area contributed by atoms with Gasteiger partial charge >= 0.3 is 0 Å². The van der Waals surface area contributed by atoms with Crippen LogP contribution in [0.3, 0.4) is 0 Å². The summed E-state index contributed by atoms with van der Waals surface area (Å²) in [6, 6.07) is 13.3. The molecule has 0 bridgehead atoms. The summed E-state index contributed by atoms with van der Waals surface area (Å²) in [5.41, 5.74) is 2.24. The number of hydrogen-bond acceptors (Lipinski definition) is 10. The van der Waals surface area contributed by atoms with Crippen molar-refractivity contribution in [1.29, 1.82) is 0 Å². The minimum absolute atomic E-state index is 0.245. The third-order valence-corrected chi connectivity index (χ3v) is 8.66. The fraction of sp³-hybridized carbons (Fsp3) is 0.120. The van der Waals surface area contributed by atoms with Crippen LogP contribution in [0.2, 0.25) is 0 Å². The number of azo groups is 2.